The first-order valence-corrected chi connectivity index (χ1v) is 29.0. The fourth-order valence-electron chi connectivity index (χ4n) is 13.1. The maximum Gasteiger partial charge on any atom is 0.272 e. The molecule has 410 valence electrons. The fourth-order valence-corrected chi connectivity index (χ4v) is 13.1. The number of nitrogens with one attached hydrogen (secondary N) is 2. The Morgan fingerprint density at radius 1 is 0.662 bits per heavy atom. The van der Waals surface area contributed by atoms with Crippen molar-refractivity contribution in [3.05, 3.63) is 111 Å². The first kappa shape index (κ1) is 53.0. The maximum atomic E-state index is 15.1. The summed E-state index contributed by atoms with van der Waals surface area (Å²) < 4.78 is 15.1. The quantitative estimate of drug-likeness (QED) is 0.146. The van der Waals surface area contributed by atoms with Crippen LogP contribution in [-0.4, -0.2) is 190 Å². The van der Waals surface area contributed by atoms with Crippen molar-refractivity contribution in [2.24, 2.45) is 11.8 Å². The predicted octanol–water partition coefficient (Wildman–Crippen LogP) is 5.51. The van der Waals surface area contributed by atoms with Gasteiger partial charge in [0, 0.05) is 107 Å². The SMILES string of the molecule is O=C(N[C@@H](C(=O)N1CCN(CC2CCN(CC(=O)N3CCN(C(=O)c4cc(Cc5n[nH]c(=O)c6ccccc56)ccc4F)CC3)CC2)CC1)C1CCCCC1)c1cccc(C2CCCN(C(=O)CN(C3CC3)C3CC3)C2)c1. The molecule has 1 aromatic heterocycles. The van der Waals surface area contributed by atoms with E-state index in [0.717, 1.165) is 103 Å². The van der Waals surface area contributed by atoms with E-state index < -0.39 is 17.8 Å². The molecule has 4 saturated heterocycles. The van der Waals surface area contributed by atoms with Crippen LogP contribution in [0.15, 0.2) is 71.5 Å². The summed E-state index contributed by atoms with van der Waals surface area (Å²) in [6, 6.07) is 20.2. The molecule has 3 aromatic carbocycles. The Bertz CT molecular complexity index is 2830. The Balaban J connectivity index is 0.614. The van der Waals surface area contributed by atoms with Gasteiger partial charge in [0.2, 0.25) is 17.7 Å². The van der Waals surface area contributed by atoms with Crippen molar-refractivity contribution in [3.63, 3.8) is 0 Å². The highest BCUT2D eigenvalue weighted by Gasteiger charge is 2.41. The summed E-state index contributed by atoms with van der Waals surface area (Å²) in [4.78, 5) is 96.2. The van der Waals surface area contributed by atoms with Gasteiger partial charge in [-0.05, 0) is 131 Å². The molecule has 0 spiro atoms. The van der Waals surface area contributed by atoms with Crippen molar-refractivity contribution in [1.29, 1.82) is 0 Å². The first-order valence-electron chi connectivity index (χ1n) is 29.0. The molecular weight excluding hydrogens is 976 g/mol. The molecule has 17 heteroatoms. The summed E-state index contributed by atoms with van der Waals surface area (Å²) in [6.45, 7) is 9.18. The van der Waals surface area contributed by atoms with Gasteiger partial charge in [0.05, 0.1) is 29.7 Å². The molecule has 2 atom stereocenters. The van der Waals surface area contributed by atoms with E-state index in [9.17, 15) is 28.8 Å². The first-order chi connectivity index (χ1) is 37.5. The molecular formula is C60H77FN10O6. The summed E-state index contributed by atoms with van der Waals surface area (Å²) >= 11 is 0. The van der Waals surface area contributed by atoms with Gasteiger partial charge in [0.15, 0.2) is 0 Å². The molecule has 1 unspecified atom stereocenters. The van der Waals surface area contributed by atoms with Gasteiger partial charge in [0.25, 0.3) is 17.4 Å². The zero-order valence-electron chi connectivity index (χ0n) is 44.7. The van der Waals surface area contributed by atoms with Crippen LogP contribution in [0.2, 0.25) is 0 Å². The summed E-state index contributed by atoms with van der Waals surface area (Å²) in [7, 11) is 0. The summed E-state index contributed by atoms with van der Waals surface area (Å²) in [5.74, 6) is -0.118. The lowest BCUT2D eigenvalue weighted by Gasteiger charge is -2.41. The fraction of sp³-hybridized carbons (Fsp3) is 0.583. The number of hydrogen-bond donors (Lipinski definition) is 2. The van der Waals surface area contributed by atoms with Crippen molar-refractivity contribution in [2.45, 2.75) is 114 Å². The minimum absolute atomic E-state index is 0.0202. The summed E-state index contributed by atoms with van der Waals surface area (Å²) in [6.07, 6.45) is 14.2. The van der Waals surface area contributed by atoms with Crippen LogP contribution in [0.3, 0.4) is 0 Å². The third kappa shape index (κ3) is 12.8. The molecule has 0 radical (unpaired) electrons. The van der Waals surface area contributed by atoms with Crippen LogP contribution in [0.5, 0.6) is 0 Å². The lowest BCUT2D eigenvalue weighted by molar-refractivity contribution is -0.137. The van der Waals surface area contributed by atoms with Crippen LogP contribution < -0.4 is 10.9 Å². The molecule has 4 aromatic rings. The average Bonchev–Trinajstić information content (AvgIpc) is 4.44. The van der Waals surface area contributed by atoms with Crippen molar-refractivity contribution in [2.75, 3.05) is 98.2 Å². The number of carbonyl (C=O) groups excluding carboxylic acids is 5. The molecule has 5 heterocycles. The second-order valence-electron chi connectivity index (χ2n) is 23.3. The van der Waals surface area contributed by atoms with Crippen LogP contribution in [0.1, 0.15) is 127 Å². The topological polar surface area (TPSA) is 166 Å². The summed E-state index contributed by atoms with van der Waals surface area (Å²) in [5.41, 5.74) is 2.68. The predicted molar refractivity (Wildman–Crippen MR) is 292 cm³/mol. The van der Waals surface area contributed by atoms with E-state index in [1.165, 1.54) is 31.7 Å². The molecule has 77 heavy (non-hydrogen) atoms. The maximum absolute atomic E-state index is 15.1. The molecule has 2 N–H and O–H groups in total. The number of amides is 5. The minimum atomic E-state index is -0.604. The zero-order valence-corrected chi connectivity index (χ0v) is 44.7. The minimum Gasteiger partial charge on any atom is -0.341 e. The Hall–Kier alpha value is -6.04. The van der Waals surface area contributed by atoms with Crippen LogP contribution in [0.4, 0.5) is 4.39 Å². The average molecular weight is 1050 g/mol. The van der Waals surface area contributed by atoms with E-state index in [2.05, 4.69) is 41.2 Å². The van der Waals surface area contributed by atoms with E-state index in [1.54, 1.807) is 29.2 Å². The lowest BCUT2D eigenvalue weighted by atomic mass is 9.83. The van der Waals surface area contributed by atoms with Crippen LogP contribution >= 0.6 is 0 Å². The number of halogens is 1. The van der Waals surface area contributed by atoms with Gasteiger partial charge >= 0.3 is 0 Å². The van der Waals surface area contributed by atoms with Crippen molar-refractivity contribution >= 4 is 40.3 Å². The highest BCUT2D eigenvalue weighted by atomic mass is 19.1. The van der Waals surface area contributed by atoms with Crippen LogP contribution in [0.25, 0.3) is 10.8 Å². The normalized spacial score (nSPS) is 21.9. The van der Waals surface area contributed by atoms with Crippen molar-refractivity contribution in [3.8, 4) is 0 Å². The smallest absolute Gasteiger partial charge is 0.272 e. The van der Waals surface area contributed by atoms with E-state index >= 15 is 4.39 Å². The third-order valence-corrected chi connectivity index (χ3v) is 18.0. The second-order valence-corrected chi connectivity index (χ2v) is 23.3. The second kappa shape index (κ2) is 23.9. The Morgan fingerprint density at radius 3 is 2.09 bits per heavy atom. The molecule has 3 aliphatic carbocycles. The number of hydrogen-bond acceptors (Lipinski definition) is 10. The molecule has 0 bridgehead atoms. The number of aromatic nitrogens is 2. The molecule has 7 aliphatic rings. The van der Waals surface area contributed by atoms with E-state index in [-0.39, 0.29) is 46.6 Å². The monoisotopic (exact) mass is 1050 g/mol. The largest absolute Gasteiger partial charge is 0.341 e. The number of carbonyl (C=O) groups is 5. The number of piperidine rings is 2. The molecule has 4 aliphatic heterocycles. The Labute approximate surface area is 451 Å². The number of aromatic amines is 1. The molecule has 16 nitrogen and oxygen atoms in total. The molecule has 5 amide bonds. The summed E-state index contributed by atoms with van der Waals surface area (Å²) in [5, 5.41) is 11.3. The van der Waals surface area contributed by atoms with Crippen molar-refractivity contribution in [1.82, 2.24) is 49.8 Å². The highest BCUT2D eigenvalue weighted by Crippen LogP contribution is 2.38. The van der Waals surface area contributed by atoms with E-state index in [4.69, 9.17) is 0 Å². The number of H-pyrrole nitrogens is 1. The van der Waals surface area contributed by atoms with Gasteiger partial charge in [0.1, 0.15) is 11.9 Å². The van der Waals surface area contributed by atoms with Gasteiger partial charge in [-0.1, -0.05) is 55.7 Å². The number of nitrogens with zero attached hydrogens (tertiary/aromatic N) is 8. The van der Waals surface area contributed by atoms with Gasteiger partial charge in [-0.25, -0.2) is 9.49 Å². The standard InChI is InChI=1S/C60H77FN10O6/c61-52-20-15-42(35-53-49-13-4-5-14-50(49)58(75)64-63-53)34-51(52)59(76)68-32-30-67(31-33-68)54(72)39-65-24-21-41(22-25-65)37-66-26-28-69(29-27-66)60(77)56(43-8-2-1-3-9-43)62-57(74)45-11-6-10-44(36-45)46-12-7-23-70(38-46)55(73)40-71(47-16-17-47)48-18-19-48/h4-6,10-11,13-15,20,34,36,41,43,46-48,56H,1-3,7-9,12,16-19,21-33,35,37-40H2,(H,62,74)(H,64,75)/t46?,56-/m1/s1. The van der Waals surface area contributed by atoms with E-state index in [1.807, 2.05) is 40.1 Å². The lowest BCUT2D eigenvalue weighted by Crippen LogP contribution is -2.57. The van der Waals surface area contributed by atoms with E-state index in [0.29, 0.717) is 111 Å². The molecule has 3 saturated carbocycles. The van der Waals surface area contributed by atoms with Gasteiger partial charge in [-0.3, -0.25) is 43.5 Å². The van der Waals surface area contributed by atoms with Crippen LogP contribution in [-0.2, 0) is 20.8 Å². The Morgan fingerprint density at radius 2 is 1.36 bits per heavy atom. The number of rotatable bonds is 16. The zero-order chi connectivity index (χ0) is 53.0. The number of benzene rings is 3. The van der Waals surface area contributed by atoms with Crippen LogP contribution in [0, 0.1) is 17.7 Å². The number of likely N-dealkylation sites (tertiary alicyclic amines) is 2. The van der Waals surface area contributed by atoms with Gasteiger partial charge < -0.3 is 24.9 Å². The van der Waals surface area contributed by atoms with Crippen molar-refractivity contribution < 1.29 is 28.4 Å². The van der Waals surface area contributed by atoms with Gasteiger partial charge in [-0.2, -0.15) is 5.10 Å². The number of piperazine rings is 2. The van der Waals surface area contributed by atoms with Gasteiger partial charge in [-0.15, -0.1) is 0 Å². The highest BCUT2D eigenvalue weighted by molar-refractivity contribution is 5.98. The molecule has 11 rings (SSSR count). The molecule has 7 fully saturated rings. The number of fused-ring (bicyclic) bond motifs is 1. The Kier molecular flexibility index (Phi) is 16.5. The third-order valence-electron chi connectivity index (χ3n) is 18.0.